The van der Waals surface area contributed by atoms with Crippen LogP contribution in [-0.2, 0) is 19.1 Å². The highest BCUT2D eigenvalue weighted by atomic mass is 35.5. The molecule has 3 aromatic carbocycles. The Bertz CT molecular complexity index is 1760. The van der Waals surface area contributed by atoms with Crippen LogP contribution in [0.15, 0.2) is 72.8 Å². The lowest BCUT2D eigenvalue weighted by molar-refractivity contribution is -0.156. The molecule has 10 heteroatoms. The Morgan fingerprint density at radius 1 is 0.891 bits per heavy atom. The third kappa shape index (κ3) is 7.32. The lowest BCUT2D eigenvalue weighted by Gasteiger charge is -2.23. The lowest BCUT2D eigenvalue weighted by atomic mass is 9.98. The van der Waals surface area contributed by atoms with Crippen LogP contribution in [0.3, 0.4) is 0 Å². The molecule has 1 aliphatic carbocycles. The van der Waals surface area contributed by atoms with Crippen LogP contribution in [0.4, 0.5) is 9.80 Å². The number of ether oxygens (including phenoxy) is 2. The molecule has 1 aromatic heterocycles. The number of rotatable bonds is 9. The Morgan fingerprint density at radius 2 is 1.48 bits per heavy atom. The molecule has 2 amide bonds. The monoisotopic (exact) mass is 658 g/mol. The van der Waals surface area contributed by atoms with E-state index in [9.17, 15) is 19.2 Å². The van der Waals surface area contributed by atoms with Gasteiger partial charge in [0.15, 0.2) is 5.78 Å². The zero-order valence-corrected chi connectivity index (χ0v) is 27.8. The summed E-state index contributed by atoms with van der Waals surface area (Å²) in [4.78, 5) is 54.1. The predicted molar refractivity (Wildman–Crippen MR) is 180 cm³/mol. The van der Waals surface area contributed by atoms with E-state index in [1.807, 2.05) is 55.5 Å². The summed E-state index contributed by atoms with van der Waals surface area (Å²) in [5.41, 5.74) is 4.90. The highest BCUT2D eigenvalue weighted by Gasteiger charge is 2.32. The molecule has 0 saturated heterocycles. The number of benzene rings is 3. The topological polar surface area (TPSA) is 111 Å². The minimum absolute atomic E-state index is 0.0314. The maximum absolute atomic E-state index is 13.7. The number of hydrogen-bond donors (Lipinski definition) is 2. The van der Waals surface area contributed by atoms with E-state index in [0.717, 1.165) is 27.1 Å². The van der Waals surface area contributed by atoms with Crippen LogP contribution in [0.2, 0.25) is 5.02 Å². The van der Waals surface area contributed by atoms with E-state index >= 15 is 0 Å². The van der Waals surface area contributed by atoms with Crippen molar-refractivity contribution in [1.29, 1.82) is 0 Å². The van der Waals surface area contributed by atoms with Gasteiger partial charge in [-0.25, -0.2) is 4.79 Å². The fourth-order valence-corrected chi connectivity index (χ4v) is 6.66. The molecule has 8 nitrogen and oxygen atoms in total. The van der Waals surface area contributed by atoms with Crippen molar-refractivity contribution >= 4 is 51.7 Å². The number of halogens is 1. The molecule has 0 spiro atoms. The number of hydrogen-bond acceptors (Lipinski definition) is 7. The fourth-order valence-electron chi connectivity index (χ4n) is 5.47. The van der Waals surface area contributed by atoms with Crippen LogP contribution in [0, 0.1) is 13.8 Å². The number of carbonyl (C=O) groups excluding carboxylic acids is 4. The van der Waals surface area contributed by atoms with Gasteiger partial charge in [-0.3, -0.25) is 14.4 Å². The van der Waals surface area contributed by atoms with Gasteiger partial charge in [-0.2, -0.15) is 0 Å². The van der Waals surface area contributed by atoms with Gasteiger partial charge in [0, 0.05) is 21.4 Å². The normalized spacial score (nSPS) is 12.9. The van der Waals surface area contributed by atoms with Crippen molar-refractivity contribution in [1.82, 2.24) is 5.32 Å². The number of ketones is 1. The number of alkyl carbamates (subject to hydrolysis) is 1. The van der Waals surface area contributed by atoms with Gasteiger partial charge in [-0.15, -0.1) is 11.3 Å². The molecule has 0 fully saturated rings. The summed E-state index contributed by atoms with van der Waals surface area (Å²) in [5.74, 6) is -1.84. The molecular weight excluding hydrogens is 624 g/mol. The maximum Gasteiger partial charge on any atom is 0.407 e. The summed E-state index contributed by atoms with van der Waals surface area (Å²) in [6.45, 7) is 8.82. The quantitative estimate of drug-likeness (QED) is 0.140. The molecule has 46 heavy (non-hydrogen) atoms. The zero-order valence-electron chi connectivity index (χ0n) is 26.2. The number of anilines is 1. The molecule has 1 atom stereocenters. The Balaban J connectivity index is 1.34. The smallest absolute Gasteiger partial charge is 0.407 e. The van der Waals surface area contributed by atoms with Crippen LogP contribution < -0.4 is 10.6 Å². The van der Waals surface area contributed by atoms with E-state index in [0.29, 0.717) is 26.7 Å². The summed E-state index contributed by atoms with van der Waals surface area (Å²) in [7, 11) is 0. The standard InChI is InChI=1S/C36H35ClN2O6S/c1-20-21(2)46-34(31(20)32(41)22-14-16-23(37)17-15-22)39-33(42)29(18-30(40)45-36(3,4)5)38-35(43)44-19-28-26-12-8-6-10-24(26)25-11-7-9-13-27(25)28/h6-17,28-29H,18-19H2,1-5H3,(H,38,43)(H,39,42). The van der Waals surface area contributed by atoms with Gasteiger partial charge in [0.2, 0.25) is 5.91 Å². The van der Waals surface area contributed by atoms with Gasteiger partial charge < -0.3 is 20.1 Å². The SMILES string of the molecule is Cc1sc(NC(=O)C(CC(=O)OC(C)(C)C)NC(=O)OCC2c3ccccc3-c3ccccc32)c(C(=O)c2ccc(Cl)cc2)c1C. The Morgan fingerprint density at radius 3 is 2.07 bits per heavy atom. The van der Waals surface area contributed by atoms with Crippen LogP contribution >= 0.6 is 22.9 Å². The molecule has 1 heterocycles. The number of nitrogens with one attached hydrogen (secondary N) is 2. The van der Waals surface area contributed by atoms with E-state index in [4.69, 9.17) is 21.1 Å². The molecular formula is C36H35ClN2O6S. The summed E-state index contributed by atoms with van der Waals surface area (Å²) in [5, 5.41) is 6.15. The molecule has 0 bridgehead atoms. The van der Waals surface area contributed by atoms with Crippen molar-refractivity contribution in [3.8, 4) is 11.1 Å². The van der Waals surface area contributed by atoms with Crippen molar-refractivity contribution in [2.24, 2.45) is 0 Å². The third-order valence-corrected chi connectivity index (χ3v) is 9.07. The number of thiophene rings is 1. The van der Waals surface area contributed by atoms with Crippen molar-refractivity contribution in [2.75, 3.05) is 11.9 Å². The second-order valence-electron chi connectivity index (χ2n) is 12.1. The van der Waals surface area contributed by atoms with Gasteiger partial charge in [0.1, 0.15) is 23.3 Å². The highest BCUT2D eigenvalue weighted by molar-refractivity contribution is 7.16. The van der Waals surface area contributed by atoms with Crippen LogP contribution in [0.5, 0.6) is 0 Å². The molecule has 4 aromatic rings. The van der Waals surface area contributed by atoms with Crippen molar-refractivity contribution < 1.29 is 28.7 Å². The summed E-state index contributed by atoms with van der Waals surface area (Å²) in [6, 6.07) is 21.1. The van der Waals surface area contributed by atoms with E-state index in [2.05, 4.69) is 10.6 Å². The largest absolute Gasteiger partial charge is 0.460 e. The number of esters is 1. The van der Waals surface area contributed by atoms with Crippen LogP contribution in [0.25, 0.3) is 11.1 Å². The summed E-state index contributed by atoms with van der Waals surface area (Å²) in [6.07, 6.45) is -1.31. The van der Waals surface area contributed by atoms with Gasteiger partial charge in [0.05, 0.1) is 12.0 Å². The minimum atomic E-state index is -1.34. The summed E-state index contributed by atoms with van der Waals surface area (Å²) >= 11 is 7.25. The maximum atomic E-state index is 13.7. The molecule has 0 radical (unpaired) electrons. The molecule has 0 saturated carbocycles. The van der Waals surface area contributed by atoms with Crippen molar-refractivity contribution in [3.63, 3.8) is 0 Å². The number of amides is 2. The van der Waals surface area contributed by atoms with Crippen molar-refractivity contribution in [3.05, 3.63) is 111 Å². The zero-order chi connectivity index (χ0) is 33.2. The van der Waals surface area contributed by atoms with E-state index in [1.54, 1.807) is 52.0 Å². The van der Waals surface area contributed by atoms with Crippen molar-refractivity contribution in [2.45, 2.75) is 58.6 Å². The van der Waals surface area contributed by atoms with Gasteiger partial charge in [-0.1, -0.05) is 60.1 Å². The Labute approximate surface area is 277 Å². The van der Waals surface area contributed by atoms with E-state index in [-0.39, 0.29) is 18.3 Å². The summed E-state index contributed by atoms with van der Waals surface area (Å²) < 4.78 is 11.1. The third-order valence-electron chi connectivity index (χ3n) is 7.70. The predicted octanol–water partition coefficient (Wildman–Crippen LogP) is 7.83. The first-order valence-electron chi connectivity index (χ1n) is 14.9. The number of aryl methyl sites for hydroxylation is 1. The van der Waals surface area contributed by atoms with Crippen LogP contribution in [-0.4, -0.2) is 42.0 Å². The second kappa shape index (κ2) is 13.5. The Hall–Kier alpha value is -4.47. The second-order valence-corrected chi connectivity index (χ2v) is 13.8. The first kappa shape index (κ1) is 32.9. The molecule has 5 rings (SSSR count). The van der Waals surface area contributed by atoms with E-state index < -0.39 is 36.0 Å². The first-order valence-corrected chi connectivity index (χ1v) is 16.1. The molecule has 1 unspecified atom stereocenters. The van der Waals surface area contributed by atoms with E-state index in [1.165, 1.54) is 11.3 Å². The molecule has 2 N–H and O–H groups in total. The van der Waals surface area contributed by atoms with Gasteiger partial charge in [0.25, 0.3) is 0 Å². The van der Waals surface area contributed by atoms with Gasteiger partial charge in [-0.05, 0) is 86.7 Å². The highest BCUT2D eigenvalue weighted by Crippen LogP contribution is 2.44. The minimum Gasteiger partial charge on any atom is -0.460 e. The number of fused-ring (bicyclic) bond motifs is 3. The van der Waals surface area contributed by atoms with Gasteiger partial charge >= 0.3 is 12.1 Å². The number of carbonyl (C=O) groups is 4. The fraction of sp³-hybridized carbons (Fsp3) is 0.278. The molecule has 0 aliphatic heterocycles. The average molecular weight is 659 g/mol. The molecule has 1 aliphatic rings. The molecule has 238 valence electrons. The Kier molecular flexibility index (Phi) is 9.65. The van der Waals surface area contributed by atoms with Crippen LogP contribution in [0.1, 0.15) is 70.6 Å². The average Bonchev–Trinajstić information content (AvgIpc) is 3.47. The first-order chi connectivity index (χ1) is 21.8. The lowest BCUT2D eigenvalue weighted by Crippen LogP contribution is -2.46.